The van der Waals surface area contributed by atoms with Gasteiger partial charge in [-0.15, -0.1) is 0 Å². The second kappa shape index (κ2) is 8.63. The monoisotopic (exact) mass is 427 g/mol. The summed E-state index contributed by atoms with van der Waals surface area (Å²) in [6, 6.07) is 6.16. The zero-order chi connectivity index (χ0) is 22.0. The summed E-state index contributed by atoms with van der Waals surface area (Å²) < 4.78 is 21.6. The van der Waals surface area contributed by atoms with Gasteiger partial charge >= 0.3 is 6.09 Å². The molecule has 2 amide bonds. The molecule has 2 saturated heterocycles. The van der Waals surface area contributed by atoms with Crippen molar-refractivity contribution >= 4 is 12.0 Å². The molecule has 0 atom stereocenters. The zero-order valence-corrected chi connectivity index (χ0v) is 16.8. The highest BCUT2D eigenvalue weighted by atomic mass is 19.1. The third kappa shape index (κ3) is 4.17. The Bertz CT molecular complexity index is 1030. The fraction of sp³-hybridized carbons (Fsp3) is 0.429. The Labute approximate surface area is 178 Å². The largest absolute Gasteiger partial charge is 0.486 e. The average Bonchev–Trinajstić information content (AvgIpc) is 3.14. The zero-order valence-electron chi connectivity index (χ0n) is 16.8. The van der Waals surface area contributed by atoms with Crippen molar-refractivity contribution < 1.29 is 23.8 Å². The second-order valence-corrected chi connectivity index (χ2v) is 7.66. The first-order chi connectivity index (χ1) is 15.0. The van der Waals surface area contributed by atoms with Crippen LogP contribution in [-0.2, 0) is 6.61 Å². The third-order valence-electron chi connectivity index (χ3n) is 5.76. The van der Waals surface area contributed by atoms with Crippen LogP contribution in [0.5, 0.6) is 5.75 Å². The van der Waals surface area contributed by atoms with Gasteiger partial charge in [-0.25, -0.2) is 9.18 Å². The molecule has 2 aliphatic rings. The molecule has 0 saturated carbocycles. The smallest absolute Gasteiger partial charge is 0.407 e. The van der Waals surface area contributed by atoms with Crippen LogP contribution in [0.4, 0.5) is 9.18 Å². The predicted molar refractivity (Wildman–Crippen MR) is 106 cm³/mol. The lowest BCUT2D eigenvalue weighted by Crippen LogP contribution is -2.42. The van der Waals surface area contributed by atoms with Crippen molar-refractivity contribution in [3.63, 3.8) is 0 Å². The summed E-state index contributed by atoms with van der Waals surface area (Å²) >= 11 is 0. The Morgan fingerprint density at radius 2 is 1.97 bits per heavy atom. The van der Waals surface area contributed by atoms with Crippen molar-refractivity contribution in [1.29, 1.82) is 5.26 Å². The number of aromatic nitrogens is 2. The van der Waals surface area contributed by atoms with Crippen LogP contribution >= 0.6 is 0 Å². The van der Waals surface area contributed by atoms with Crippen molar-refractivity contribution in [2.24, 2.45) is 0 Å². The number of amides is 2. The van der Waals surface area contributed by atoms with Gasteiger partial charge in [0.2, 0.25) is 0 Å². The van der Waals surface area contributed by atoms with Crippen LogP contribution in [0.25, 0.3) is 0 Å². The summed E-state index contributed by atoms with van der Waals surface area (Å²) in [6.45, 7) is 2.09. The number of hydrogen-bond acceptors (Lipinski definition) is 5. The molecule has 1 N–H and O–H groups in total. The minimum Gasteiger partial charge on any atom is -0.486 e. The van der Waals surface area contributed by atoms with Gasteiger partial charge in [0, 0.05) is 37.3 Å². The van der Waals surface area contributed by atoms with Gasteiger partial charge in [-0.2, -0.15) is 10.4 Å². The van der Waals surface area contributed by atoms with Gasteiger partial charge in [-0.3, -0.25) is 9.48 Å². The van der Waals surface area contributed by atoms with E-state index in [0.29, 0.717) is 50.3 Å². The maximum absolute atomic E-state index is 14.4. The van der Waals surface area contributed by atoms with Crippen LogP contribution in [0.2, 0.25) is 0 Å². The Hall–Kier alpha value is -3.61. The minimum atomic E-state index is -0.951. The Morgan fingerprint density at radius 1 is 1.23 bits per heavy atom. The number of hydrogen-bond donors (Lipinski definition) is 1. The molecule has 3 heterocycles. The lowest BCUT2D eigenvalue weighted by molar-refractivity contribution is 0.0651. The number of nitrogens with zero attached hydrogens (tertiary/aromatic N) is 5. The molecule has 2 aromatic rings. The van der Waals surface area contributed by atoms with E-state index in [9.17, 15) is 19.2 Å². The van der Waals surface area contributed by atoms with E-state index in [1.54, 1.807) is 9.58 Å². The normalized spacial score (nSPS) is 16.5. The van der Waals surface area contributed by atoms with Gasteiger partial charge < -0.3 is 19.6 Å². The van der Waals surface area contributed by atoms with E-state index in [0.717, 1.165) is 6.42 Å². The molecule has 9 nitrogen and oxygen atoms in total. The molecule has 0 unspecified atom stereocenters. The summed E-state index contributed by atoms with van der Waals surface area (Å²) in [5.41, 5.74) is 1.12. The van der Waals surface area contributed by atoms with Crippen LogP contribution in [0, 0.1) is 17.1 Å². The van der Waals surface area contributed by atoms with Gasteiger partial charge in [-0.05, 0) is 37.5 Å². The fourth-order valence-corrected chi connectivity index (χ4v) is 3.81. The molecule has 31 heavy (non-hydrogen) atoms. The number of likely N-dealkylation sites (tertiary alicyclic amines) is 2. The van der Waals surface area contributed by atoms with Crippen molar-refractivity contribution in [1.82, 2.24) is 19.6 Å². The number of rotatable bonds is 5. The van der Waals surface area contributed by atoms with E-state index < -0.39 is 11.9 Å². The number of carbonyl (C=O) groups is 2. The van der Waals surface area contributed by atoms with Gasteiger partial charge in [0.15, 0.2) is 11.6 Å². The highest BCUT2D eigenvalue weighted by Crippen LogP contribution is 2.26. The molecule has 0 spiro atoms. The Morgan fingerprint density at radius 3 is 2.55 bits per heavy atom. The number of nitriles is 1. The standard InChI is InChI=1S/C21H22FN5O4/c22-17-10-14(20(28)25-6-1-7-25)2-3-19(17)31-13-15-12-24-27(18(15)11-23)16-4-8-26(9-5-16)21(29)30/h2-3,10,12,16H,1,4-9,13H2,(H,29,30). The Kier molecular flexibility index (Phi) is 5.75. The summed E-state index contributed by atoms with van der Waals surface area (Å²) in [4.78, 5) is 26.3. The van der Waals surface area contributed by atoms with E-state index >= 15 is 0 Å². The predicted octanol–water partition coefficient (Wildman–Crippen LogP) is 2.63. The first-order valence-corrected chi connectivity index (χ1v) is 10.1. The number of carbonyl (C=O) groups excluding carboxylic acids is 1. The van der Waals surface area contributed by atoms with Crippen LogP contribution in [0.1, 0.15) is 46.9 Å². The number of halogens is 1. The molecular weight excluding hydrogens is 405 g/mol. The van der Waals surface area contributed by atoms with Crippen molar-refractivity contribution in [3.05, 3.63) is 47.0 Å². The first-order valence-electron chi connectivity index (χ1n) is 10.1. The summed E-state index contributed by atoms with van der Waals surface area (Å²) in [6.07, 6.45) is 2.65. The van der Waals surface area contributed by atoms with Crippen LogP contribution in [-0.4, -0.2) is 62.9 Å². The van der Waals surface area contributed by atoms with E-state index in [2.05, 4.69) is 11.2 Å². The minimum absolute atomic E-state index is 0.00781. The highest BCUT2D eigenvalue weighted by molar-refractivity contribution is 5.94. The first kappa shape index (κ1) is 20.7. The molecule has 162 valence electrons. The lowest BCUT2D eigenvalue weighted by Gasteiger charge is -2.30. The summed E-state index contributed by atoms with van der Waals surface area (Å²) in [7, 11) is 0. The number of benzene rings is 1. The molecule has 4 rings (SSSR count). The van der Waals surface area contributed by atoms with E-state index in [4.69, 9.17) is 9.84 Å². The third-order valence-corrected chi connectivity index (χ3v) is 5.76. The van der Waals surface area contributed by atoms with Crippen LogP contribution in [0.3, 0.4) is 0 Å². The second-order valence-electron chi connectivity index (χ2n) is 7.66. The number of piperidine rings is 1. The maximum Gasteiger partial charge on any atom is 0.407 e. The van der Waals surface area contributed by atoms with Gasteiger partial charge in [0.05, 0.1) is 12.2 Å². The summed E-state index contributed by atoms with van der Waals surface area (Å²) in [5.74, 6) is -0.844. The van der Waals surface area contributed by atoms with Gasteiger partial charge in [-0.1, -0.05) is 0 Å². The molecule has 2 fully saturated rings. The SMILES string of the molecule is N#Cc1c(COc2ccc(C(=O)N3CCC3)cc2F)cnn1C1CCN(C(=O)O)CC1. The molecule has 0 radical (unpaired) electrons. The molecule has 1 aromatic heterocycles. The van der Waals surface area contributed by atoms with Crippen LogP contribution < -0.4 is 4.74 Å². The number of ether oxygens (including phenoxy) is 1. The van der Waals surface area contributed by atoms with Crippen molar-refractivity contribution in [2.75, 3.05) is 26.2 Å². The number of carboxylic acid groups (broad SMARTS) is 1. The molecular formula is C21H22FN5O4. The fourth-order valence-electron chi connectivity index (χ4n) is 3.81. The highest BCUT2D eigenvalue weighted by Gasteiger charge is 2.27. The van der Waals surface area contributed by atoms with Crippen molar-refractivity contribution in [3.8, 4) is 11.8 Å². The maximum atomic E-state index is 14.4. The molecule has 0 bridgehead atoms. The quantitative estimate of drug-likeness (QED) is 0.785. The molecule has 10 heteroatoms. The van der Waals surface area contributed by atoms with E-state index in [1.807, 2.05) is 0 Å². The topological polar surface area (TPSA) is 112 Å². The molecule has 0 aliphatic carbocycles. The van der Waals surface area contributed by atoms with Gasteiger partial charge in [0.25, 0.3) is 5.91 Å². The van der Waals surface area contributed by atoms with E-state index in [1.165, 1.54) is 29.3 Å². The van der Waals surface area contributed by atoms with Crippen molar-refractivity contribution in [2.45, 2.75) is 31.9 Å². The van der Waals surface area contributed by atoms with E-state index in [-0.39, 0.29) is 29.9 Å². The van der Waals surface area contributed by atoms with Gasteiger partial charge in [0.1, 0.15) is 18.4 Å². The summed E-state index contributed by atoms with van der Waals surface area (Å²) in [5, 5.41) is 23.0. The van der Waals surface area contributed by atoms with Crippen LogP contribution in [0.15, 0.2) is 24.4 Å². The molecule has 2 aliphatic heterocycles. The Balaban J connectivity index is 1.42. The lowest BCUT2D eigenvalue weighted by atomic mass is 10.1. The molecule has 1 aromatic carbocycles. The average molecular weight is 427 g/mol.